The SMILES string of the molecule is CN1C(N)=NCC1c1cc(C(F)(F)F)cc(C(F)(F)F)c1. The average Bonchev–Trinajstić information content (AvgIpc) is 2.67. The zero-order valence-electron chi connectivity index (χ0n) is 10.8. The molecule has 3 nitrogen and oxygen atoms in total. The molecule has 1 heterocycles. The van der Waals surface area contributed by atoms with E-state index in [0.717, 1.165) is 0 Å². The third-order valence-electron chi connectivity index (χ3n) is 3.25. The Morgan fingerprint density at radius 3 is 1.86 bits per heavy atom. The van der Waals surface area contributed by atoms with Gasteiger partial charge in [0.1, 0.15) is 0 Å². The van der Waals surface area contributed by atoms with Crippen molar-refractivity contribution in [1.29, 1.82) is 0 Å². The summed E-state index contributed by atoms with van der Waals surface area (Å²) in [6.45, 7) is 0.0148. The van der Waals surface area contributed by atoms with Gasteiger partial charge in [0.15, 0.2) is 5.96 Å². The van der Waals surface area contributed by atoms with Crippen molar-refractivity contribution in [2.45, 2.75) is 18.4 Å². The van der Waals surface area contributed by atoms with Crippen LogP contribution in [0.4, 0.5) is 26.3 Å². The minimum Gasteiger partial charge on any atom is -0.370 e. The predicted molar refractivity (Wildman–Crippen MR) is 63.4 cm³/mol. The van der Waals surface area contributed by atoms with Crippen molar-refractivity contribution in [3.63, 3.8) is 0 Å². The summed E-state index contributed by atoms with van der Waals surface area (Å²) >= 11 is 0. The van der Waals surface area contributed by atoms with Gasteiger partial charge in [0, 0.05) is 7.05 Å². The van der Waals surface area contributed by atoms with E-state index in [4.69, 9.17) is 5.73 Å². The molecule has 1 unspecified atom stereocenters. The van der Waals surface area contributed by atoms with Gasteiger partial charge < -0.3 is 10.6 Å². The fourth-order valence-corrected chi connectivity index (χ4v) is 2.07. The van der Waals surface area contributed by atoms with E-state index >= 15 is 0 Å². The van der Waals surface area contributed by atoms with Gasteiger partial charge in [-0.1, -0.05) is 0 Å². The highest BCUT2D eigenvalue weighted by molar-refractivity contribution is 5.80. The molecular formula is C12H11F6N3. The highest BCUT2D eigenvalue weighted by Crippen LogP contribution is 2.38. The molecular weight excluding hydrogens is 300 g/mol. The zero-order chi connectivity index (χ0) is 16.0. The number of alkyl halides is 6. The highest BCUT2D eigenvalue weighted by Gasteiger charge is 2.38. The monoisotopic (exact) mass is 311 g/mol. The lowest BCUT2D eigenvalue weighted by Gasteiger charge is -2.23. The van der Waals surface area contributed by atoms with Crippen molar-refractivity contribution < 1.29 is 26.3 Å². The Labute approximate surface area is 116 Å². The molecule has 0 bridgehead atoms. The molecule has 2 N–H and O–H groups in total. The molecule has 0 aliphatic carbocycles. The van der Waals surface area contributed by atoms with Crippen LogP contribution < -0.4 is 5.73 Å². The van der Waals surface area contributed by atoms with Gasteiger partial charge in [-0.15, -0.1) is 0 Å². The molecule has 0 spiro atoms. The van der Waals surface area contributed by atoms with E-state index < -0.39 is 29.5 Å². The molecule has 2 rings (SSSR count). The first kappa shape index (κ1) is 15.5. The lowest BCUT2D eigenvalue weighted by Crippen LogP contribution is -2.32. The smallest absolute Gasteiger partial charge is 0.370 e. The van der Waals surface area contributed by atoms with E-state index in [1.807, 2.05) is 0 Å². The summed E-state index contributed by atoms with van der Waals surface area (Å²) < 4.78 is 76.6. The quantitative estimate of drug-likeness (QED) is 0.810. The van der Waals surface area contributed by atoms with Crippen molar-refractivity contribution in [3.8, 4) is 0 Å². The Morgan fingerprint density at radius 2 is 1.52 bits per heavy atom. The first-order valence-corrected chi connectivity index (χ1v) is 5.82. The lowest BCUT2D eigenvalue weighted by atomic mass is 9.99. The fourth-order valence-electron chi connectivity index (χ4n) is 2.07. The molecule has 1 aliphatic heterocycles. The van der Waals surface area contributed by atoms with Gasteiger partial charge >= 0.3 is 12.4 Å². The molecule has 21 heavy (non-hydrogen) atoms. The summed E-state index contributed by atoms with van der Waals surface area (Å²) in [6, 6.07) is 0.756. The summed E-state index contributed by atoms with van der Waals surface area (Å²) in [4.78, 5) is 5.16. The van der Waals surface area contributed by atoms with E-state index in [1.165, 1.54) is 11.9 Å². The predicted octanol–water partition coefficient (Wildman–Crippen LogP) is 3.03. The maximum absolute atomic E-state index is 12.8. The molecule has 1 atom stereocenters. The third-order valence-corrected chi connectivity index (χ3v) is 3.25. The maximum Gasteiger partial charge on any atom is 0.416 e. The number of hydrogen-bond acceptors (Lipinski definition) is 3. The van der Waals surface area contributed by atoms with Gasteiger partial charge in [-0.3, -0.25) is 4.99 Å². The second kappa shape index (κ2) is 4.81. The van der Waals surface area contributed by atoms with Crippen molar-refractivity contribution in [2.75, 3.05) is 13.6 Å². The number of aliphatic imine (C=N–C) groups is 1. The van der Waals surface area contributed by atoms with Crippen LogP contribution in [0.25, 0.3) is 0 Å². The Bertz CT molecular complexity index is 543. The fraction of sp³-hybridized carbons (Fsp3) is 0.417. The molecule has 116 valence electrons. The van der Waals surface area contributed by atoms with E-state index in [2.05, 4.69) is 4.99 Å². The number of guanidine groups is 1. The van der Waals surface area contributed by atoms with E-state index in [9.17, 15) is 26.3 Å². The molecule has 1 aliphatic rings. The molecule has 0 aromatic heterocycles. The molecule has 1 aromatic carbocycles. The molecule has 0 saturated carbocycles. The second-order valence-corrected chi connectivity index (χ2v) is 4.66. The number of nitrogens with two attached hydrogens (primary N) is 1. The number of likely N-dealkylation sites (N-methyl/N-ethyl adjacent to an activating group) is 1. The first-order valence-electron chi connectivity index (χ1n) is 5.82. The summed E-state index contributed by atoms with van der Waals surface area (Å²) in [6.07, 6.45) is -9.72. The third kappa shape index (κ3) is 3.06. The van der Waals surface area contributed by atoms with E-state index in [1.54, 1.807) is 0 Å². The van der Waals surface area contributed by atoms with Crippen LogP contribution in [0.5, 0.6) is 0 Å². The minimum atomic E-state index is -4.86. The number of nitrogens with zero attached hydrogens (tertiary/aromatic N) is 2. The lowest BCUT2D eigenvalue weighted by molar-refractivity contribution is -0.143. The van der Waals surface area contributed by atoms with Crippen LogP contribution in [-0.2, 0) is 12.4 Å². The van der Waals surface area contributed by atoms with Crippen molar-refractivity contribution in [1.82, 2.24) is 4.90 Å². The number of hydrogen-bond donors (Lipinski definition) is 1. The normalized spacial score (nSPS) is 19.9. The molecule has 0 radical (unpaired) electrons. The van der Waals surface area contributed by atoms with Crippen molar-refractivity contribution >= 4 is 5.96 Å². The first-order chi connectivity index (χ1) is 9.50. The molecule has 1 aromatic rings. The molecule has 0 saturated heterocycles. The number of halogens is 6. The Kier molecular flexibility index (Phi) is 3.54. The van der Waals surface area contributed by atoms with Crippen molar-refractivity contribution in [2.24, 2.45) is 10.7 Å². The van der Waals surface area contributed by atoms with Crippen molar-refractivity contribution in [3.05, 3.63) is 34.9 Å². The zero-order valence-corrected chi connectivity index (χ0v) is 10.8. The second-order valence-electron chi connectivity index (χ2n) is 4.66. The van der Waals surface area contributed by atoms with Gasteiger partial charge in [-0.25, -0.2) is 0 Å². The largest absolute Gasteiger partial charge is 0.416 e. The Balaban J connectivity index is 2.51. The van der Waals surface area contributed by atoms with Gasteiger partial charge in [0.05, 0.1) is 23.7 Å². The summed E-state index contributed by atoms with van der Waals surface area (Å²) in [5, 5.41) is 0. The average molecular weight is 311 g/mol. The molecule has 0 fully saturated rings. The van der Waals surface area contributed by atoms with Crippen LogP contribution >= 0.6 is 0 Å². The highest BCUT2D eigenvalue weighted by atomic mass is 19.4. The van der Waals surface area contributed by atoms with Crippen LogP contribution in [0.1, 0.15) is 22.7 Å². The van der Waals surface area contributed by atoms with Gasteiger partial charge in [0.2, 0.25) is 0 Å². The maximum atomic E-state index is 12.8. The minimum absolute atomic E-state index is 0.0148. The summed E-state index contributed by atoms with van der Waals surface area (Å²) in [7, 11) is 1.46. The van der Waals surface area contributed by atoms with Crippen LogP contribution in [0.15, 0.2) is 23.2 Å². The van der Waals surface area contributed by atoms with Gasteiger partial charge in [0.25, 0.3) is 0 Å². The van der Waals surface area contributed by atoms with Crippen LogP contribution in [0, 0.1) is 0 Å². The summed E-state index contributed by atoms with van der Waals surface area (Å²) in [5.41, 5.74) is 2.68. The van der Waals surface area contributed by atoms with Crippen LogP contribution in [-0.4, -0.2) is 24.5 Å². The topological polar surface area (TPSA) is 41.6 Å². The number of benzene rings is 1. The van der Waals surface area contributed by atoms with Crippen LogP contribution in [0.3, 0.4) is 0 Å². The van der Waals surface area contributed by atoms with E-state index in [0.29, 0.717) is 12.1 Å². The Morgan fingerprint density at radius 1 is 1.05 bits per heavy atom. The summed E-state index contributed by atoms with van der Waals surface area (Å²) in [5.74, 6) is 0.0750. The number of rotatable bonds is 1. The Hall–Kier alpha value is -1.93. The van der Waals surface area contributed by atoms with Gasteiger partial charge in [-0.05, 0) is 23.8 Å². The van der Waals surface area contributed by atoms with E-state index in [-0.39, 0.29) is 24.1 Å². The molecule has 9 heteroatoms. The molecule has 0 amide bonds. The van der Waals surface area contributed by atoms with Gasteiger partial charge in [-0.2, -0.15) is 26.3 Å². The standard InChI is InChI=1S/C12H11F6N3/c1-21-9(5-20-10(21)19)6-2-7(11(13,14)15)4-8(3-6)12(16,17)18/h2-4,9H,5H2,1H3,(H2,19,20). The van der Waals surface area contributed by atoms with Crippen LogP contribution in [0.2, 0.25) is 0 Å².